The van der Waals surface area contributed by atoms with Crippen LogP contribution in [-0.2, 0) is 0 Å². The van der Waals surface area contributed by atoms with Crippen LogP contribution in [-0.4, -0.2) is 42.2 Å². The molecule has 1 heterocycles. The third-order valence-electron chi connectivity index (χ3n) is 1.55. The highest BCUT2D eigenvalue weighted by atomic mass is 16.3. The second-order valence-electron chi connectivity index (χ2n) is 2.84. The standard InChI is InChI=1S/C5H11NO.C2H4N4/c1-6-3-2-5(7)4-6;3-1-6-2(4)5/h5,7H,2-4H2,1H3;(H4,4,5,6). The number of nitrogens with zero attached hydrogens (tertiary/aromatic N) is 3. The zero-order valence-electron chi connectivity index (χ0n) is 7.64. The van der Waals surface area contributed by atoms with Gasteiger partial charge in [0.2, 0.25) is 12.2 Å². The number of hydrogen-bond donors (Lipinski definition) is 3. The van der Waals surface area contributed by atoms with Crippen LogP contribution in [0.1, 0.15) is 6.42 Å². The maximum atomic E-state index is 8.86. The van der Waals surface area contributed by atoms with Crippen LogP contribution in [0.15, 0.2) is 4.99 Å². The summed E-state index contributed by atoms with van der Waals surface area (Å²) in [5.41, 5.74) is 9.42. The molecule has 0 aromatic carbocycles. The van der Waals surface area contributed by atoms with Crippen LogP contribution in [0, 0.1) is 11.5 Å². The summed E-state index contributed by atoms with van der Waals surface area (Å²) >= 11 is 0. The molecular weight excluding hydrogens is 170 g/mol. The van der Waals surface area contributed by atoms with Crippen LogP contribution < -0.4 is 11.5 Å². The lowest BCUT2D eigenvalue weighted by Gasteiger charge is -2.02. The van der Waals surface area contributed by atoms with Crippen LogP contribution in [0.3, 0.4) is 0 Å². The van der Waals surface area contributed by atoms with E-state index in [1.165, 1.54) is 6.19 Å². The smallest absolute Gasteiger partial charge is 0.209 e. The number of likely N-dealkylation sites (N-methyl/N-ethyl adjacent to an activating group) is 1. The molecule has 0 aliphatic carbocycles. The summed E-state index contributed by atoms with van der Waals surface area (Å²) in [6.45, 7) is 1.92. The van der Waals surface area contributed by atoms with Gasteiger partial charge in [0.25, 0.3) is 0 Å². The second kappa shape index (κ2) is 6.22. The molecule has 1 rings (SSSR count). The lowest BCUT2D eigenvalue weighted by molar-refractivity contribution is 0.183. The summed E-state index contributed by atoms with van der Waals surface area (Å²) in [6, 6.07) is 0. The van der Waals surface area contributed by atoms with Gasteiger partial charge in [-0.2, -0.15) is 5.26 Å². The SMILES string of the molecule is CN1CCC(O)C1.N#CN=C(N)N. The van der Waals surface area contributed by atoms with Crippen molar-refractivity contribution in [3.05, 3.63) is 0 Å². The van der Waals surface area contributed by atoms with Crippen molar-refractivity contribution in [3.8, 4) is 6.19 Å². The fourth-order valence-corrected chi connectivity index (χ4v) is 0.969. The summed E-state index contributed by atoms with van der Waals surface area (Å²) in [5, 5.41) is 16.5. The largest absolute Gasteiger partial charge is 0.392 e. The van der Waals surface area contributed by atoms with Gasteiger partial charge in [-0.25, -0.2) is 0 Å². The van der Waals surface area contributed by atoms with Gasteiger partial charge < -0.3 is 21.5 Å². The summed E-state index contributed by atoms with van der Waals surface area (Å²) in [4.78, 5) is 5.03. The van der Waals surface area contributed by atoms with E-state index in [-0.39, 0.29) is 12.1 Å². The molecule has 1 unspecified atom stereocenters. The molecule has 6 nitrogen and oxygen atoms in total. The van der Waals surface area contributed by atoms with Crippen LogP contribution in [0.25, 0.3) is 0 Å². The van der Waals surface area contributed by atoms with Crippen molar-refractivity contribution < 1.29 is 5.11 Å². The van der Waals surface area contributed by atoms with Crippen LogP contribution in [0.5, 0.6) is 0 Å². The highest BCUT2D eigenvalue weighted by Crippen LogP contribution is 2.03. The average Bonchev–Trinajstić information content (AvgIpc) is 2.35. The Morgan fingerprint density at radius 3 is 2.38 bits per heavy atom. The third-order valence-corrected chi connectivity index (χ3v) is 1.55. The molecule has 0 saturated carbocycles. The number of nitrogens with two attached hydrogens (primary N) is 2. The number of aliphatic hydroxyl groups excluding tert-OH is 1. The summed E-state index contributed by atoms with van der Waals surface area (Å²) in [5.74, 6) is -0.197. The number of hydrogen-bond acceptors (Lipinski definition) is 4. The first-order valence-electron chi connectivity index (χ1n) is 3.90. The number of guanidine groups is 1. The van der Waals surface area contributed by atoms with E-state index in [1.54, 1.807) is 0 Å². The molecule has 1 aliphatic heterocycles. The minimum absolute atomic E-state index is 0.0509. The van der Waals surface area contributed by atoms with Crippen molar-refractivity contribution in [2.75, 3.05) is 20.1 Å². The van der Waals surface area contributed by atoms with E-state index in [9.17, 15) is 0 Å². The molecule has 5 N–H and O–H groups in total. The Balaban J connectivity index is 0.000000226. The maximum Gasteiger partial charge on any atom is 0.209 e. The minimum atomic E-state index is -0.197. The average molecular weight is 185 g/mol. The second-order valence-corrected chi connectivity index (χ2v) is 2.84. The number of β-amino-alcohol motifs (C(OH)–C–C–N with tert-alkyl or cyclic N) is 1. The van der Waals surface area contributed by atoms with Crippen molar-refractivity contribution in [3.63, 3.8) is 0 Å². The number of nitriles is 1. The molecule has 6 heteroatoms. The normalized spacial score (nSPS) is 21.2. The van der Waals surface area contributed by atoms with Crippen molar-refractivity contribution in [2.24, 2.45) is 16.5 Å². The Kier molecular flexibility index (Phi) is 5.59. The first-order valence-corrected chi connectivity index (χ1v) is 3.90. The summed E-state index contributed by atoms with van der Waals surface area (Å²) < 4.78 is 0. The van der Waals surface area contributed by atoms with Crippen molar-refractivity contribution >= 4 is 5.96 Å². The molecule has 1 aliphatic rings. The van der Waals surface area contributed by atoms with Crippen LogP contribution in [0.4, 0.5) is 0 Å². The Labute approximate surface area is 77.5 Å². The predicted molar refractivity (Wildman–Crippen MR) is 49.5 cm³/mol. The first-order chi connectivity index (χ1) is 6.06. The molecule has 1 atom stereocenters. The first kappa shape index (κ1) is 11.7. The molecule has 0 radical (unpaired) electrons. The van der Waals surface area contributed by atoms with Gasteiger partial charge in [0.15, 0.2) is 0 Å². The zero-order chi connectivity index (χ0) is 10.3. The van der Waals surface area contributed by atoms with Gasteiger partial charge >= 0.3 is 0 Å². The molecule has 13 heavy (non-hydrogen) atoms. The van der Waals surface area contributed by atoms with Gasteiger partial charge in [0, 0.05) is 13.1 Å². The predicted octanol–water partition coefficient (Wildman–Crippen LogP) is -1.58. The highest BCUT2D eigenvalue weighted by molar-refractivity contribution is 5.76. The van der Waals surface area contributed by atoms with E-state index in [0.717, 1.165) is 19.5 Å². The lowest BCUT2D eigenvalue weighted by atomic mass is 10.3. The van der Waals surface area contributed by atoms with Gasteiger partial charge in [-0.1, -0.05) is 0 Å². The van der Waals surface area contributed by atoms with Gasteiger partial charge in [-0.3, -0.25) is 0 Å². The van der Waals surface area contributed by atoms with E-state index in [1.807, 2.05) is 7.05 Å². The number of likely N-dealkylation sites (tertiary alicyclic amines) is 1. The number of rotatable bonds is 0. The lowest BCUT2D eigenvalue weighted by Crippen LogP contribution is -2.21. The van der Waals surface area contributed by atoms with Crippen LogP contribution >= 0.6 is 0 Å². The van der Waals surface area contributed by atoms with E-state index in [0.29, 0.717) is 0 Å². The minimum Gasteiger partial charge on any atom is -0.392 e. The number of aliphatic hydroxyl groups is 1. The molecule has 0 bridgehead atoms. The highest BCUT2D eigenvalue weighted by Gasteiger charge is 2.15. The van der Waals surface area contributed by atoms with E-state index in [2.05, 4.69) is 9.89 Å². The zero-order valence-corrected chi connectivity index (χ0v) is 7.64. The Morgan fingerprint density at radius 2 is 2.31 bits per heavy atom. The fourth-order valence-electron chi connectivity index (χ4n) is 0.969. The fraction of sp³-hybridized carbons (Fsp3) is 0.714. The van der Waals surface area contributed by atoms with Crippen LogP contribution in [0.2, 0.25) is 0 Å². The third kappa shape index (κ3) is 7.05. The molecule has 0 amide bonds. The molecule has 0 aromatic heterocycles. The Hall–Kier alpha value is -1.32. The van der Waals surface area contributed by atoms with Crippen molar-refractivity contribution in [1.82, 2.24) is 4.90 Å². The number of aliphatic imine (C=N–C) groups is 1. The van der Waals surface area contributed by atoms with Gasteiger partial charge in [-0.05, 0) is 13.5 Å². The van der Waals surface area contributed by atoms with Crippen molar-refractivity contribution in [2.45, 2.75) is 12.5 Å². The van der Waals surface area contributed by atoms with Gasteiger partial charge in [0.05, 0.1) is 6.10 Å². The Morgan fingerprint density at radius 1 is 1.69 bits per heavy atom. The maximum absolute atomic E-state index is 8.86. The van der Waals surface area contributed by atoms with E-state index >= 15 is 0 Å². The molecule has 0 aromatic rings. The molecule has 0 spiro atoms. The topological polar surface area (TPSA) is 112 Å². The molecular formula is C7H15N5O. The van der Waals surface area contributed by atoms with Crippen molar-refractivity contribution in [1.29, 1.82) is 5.26 Å². The van der Waals surface area contributed by atoms with Gasteiger partial charge in [0.1, 0.15) is 0 Å². The van der Waals surface area contributed by atoms with Gasteiger partial charge in [-0.15, -0.1) is 4.99 Å². The molecule has 1 fully saturated rings. The molecule has 74 valence electrons. The monoisotopic (exact) mass is 185 g/mol. The van der Waals surface area contributed by atoms with E-state index in [4.69, 9.17) is 21.8 Å². The molecule has 1 saturated heterocycles. The Bertz CT molecular complexity index is 197. The summed E-state index contributed by atoms with van der Waals surface area (Å²) in [7, 11) is 2.02. The quantitative estimate of drug-likeness (QED) is 0.240. The summed E-state index contributed by atoms with van der Waals surface area (Å²) in [6.07, 6.45) is 2.31. The van der Waals surface area contributed by atoms with E-state index < -0.39 is 0 Å².